The fraction of sp³-hybridized carbons (Fsp3) is 0.429. The number of nitrogens with zero attached hydrogens (tertiary/aromatic N) is 1. The van der Waals surface area contributed by atoms with E-state index >= 15 is 0 Å². The van der Waals surface area contributed by atoms with Gasteiger partial charge in [0.25, 0.3) is 5.97 Å². The maximum Gasteiger partial charge on any atom is 0.300 e. The van der Waals surface area contributed by atoms with Crippen LogP contribution in [0.1, 0.15) is 6.92 Å². The number of aliphatic hydroxyl groups excluding tert-OH is 2. The Morgan fingerprint density at radius 1 is 1.46 bits per heavy atom. The number of carboxylic acid groups (broad SMARTS) is 1. The molecule has 1 rings (SSSR count). The first kappa shape index (κ1) is 14.1. The molecule has 0 fully saturated rings. The Hall–Kier alpha value is -1.40. The van der Waals surface area contributed by atoms with Gasteiger partial charge in [-0.25, -0.2) is 4.98 Å². The molecule has 0 spiro atoms. The Morgan fingerprint density at radius 2 is 1.92 bits per heavy atom. The van der Waals surface area contributed by atoms with Crippen LogP contribution in [0.25, 0.3) is 0 Å². The number of aromatic nitrogens is 2. The van der Waals surface area contributed by atoms with E-state index in [0.717, 1.165) is 6.92 Å². The lowest BCUT2D eigenvalue weighted by molar-refractivity contribution is -0.134. The molecule has 0 aliphatic carbocycles. The second kappa shape index (κ2) is 13.2. The molecule has 6 heteroatoms. The highest BCUT2D eigenvalue weighted by molar-refractivity contribution is 5.62. The molecule has 1 aromatic heterocycles. The maximum atomic E-state index is 9.00. The van der Waals surface area contributed by atoms with Gasteiger partial charge < -0.3 is 20.3 Å². The van der Waals surface area contributed by atoms with E-state index in [0.29, 0.717) is 0 Å². The molecule has 0 saturated carbocycles. The summed E-state index contributed by atoms with van der Waals surface area (Å²) < 4.78 is 0. The van der Waals surface area contributed by atoms with E-state index in [1.54, 1.807) is 18.7 Å². The van der Waals surface area contributed by atoms with Crippen LogP contribution in [-0.4, -0.2) is 44.5 Å². The fourth-order valence-corrected chi connectivity index (χ4v) is 0.215. The number of carbonyl (C=O) groups is 1. The Kier molecular flexibility index (Phi) is 14.4. The number of carboxylic acids is 1. The normalized spacial score (nSPS) is 7.31. The SMILES string of the molecule is CC(=O)O.OCCO.c1c[nH]cn1. The van der Waals surface area contributed by atoms with Crippen LogP contribution in [-0.2, 0) is 4.79 Å². The molecule has 1 heterocycles. The van der Waals surface area contributed by atoms with Gasteiger partial charge in [-0.2, -0.15) is 0 Å². The lowest BCUT2D eigenvalue weighted by Crippen LogP contribution is -1.85. The summed E-state index contributed by atoms with van der Waals surface area (Å²) in [7, 11) is 0. The molecule has 1 aromatic rings. The third-order valence-electron chi connectivity index (χ3n) is 0.506. The summed E-state index contributed by atoms with van der Waals surface area (Å²) >= 11 is 0. The number of hydrogen-bond donors (Lipinski definition) is 4. The van der Waals surface area contributed by atoms with E-state index in [9.17, 15) is 0 Å². The van der Waals surface area contributed by atoms with Crippen LogP contribution in [0.3, 0.4) is 0 Å². The summed E-state index contributed by atoms with van der Waals surface area (Å²) in [5.74, 6) is -0.833. The smallest absolute Gasteiger partial charge is 0.300 e. The Morgan fingerprint density at radius 3 is 2.00 bits per heavy atom. The topological polar surface area (TPSA) is 106 Å². The molecule has 0 radical (unpaired) electrons. The molecular formula is C7H14N2O4. The summed E-state index contributed by atoms with van der Waals surface area (Å²) in [5.41, 5.74) is 0. The van der Waals surface area contributed by atoms with Crippen molar-refractivity contribution in [1.29, 1.82) is 0 Å². The Balaban J connectivity index is 0. The second-order valence-corrected chi connectivity index (χ2v) is 1.73. The van der Waals surface area contributed by atoms with Gasteiger partial charge in [0, 0.05) is 19.3 Å². The van der Waals surface area contributed by atoms with Gasteiger partial charge in [-0.05, 0) is 0 Å². The maximum absolute atomic E-state index is 9.00. The highest BCUT2D eigenvalue weighted by Crippen LogP contribution is 1.62. The molecule has 4 N–H and O–H groups in total. The summed E-state index contributed by atoms with van der Waals surface area (Å²) in [6.45, 7) is 0.833. The number of aliphatic carboxylic acids is 1. The van der Waals surface area contributed by atoms with Crippen LogP contribution in [0.4, 0.5) is 0 Å². The van der Waals surface area contributed by atoms with Gasteiger partial charge in [0.2, 0.25) is 0 Å². The van der Waals surface area contributed by atoms with E-state index in [1.165, 1.54) is 0 Å². The van der Waals surface area contributed by atoms with Crippen molar-refractivity contribution in [2.75, 3.05) is 13.2 Å². The molecule has 0 unspecified atom stereocenters. The number of rotatable bonds is 1. The first-order chi connectivity index (χ1) is 6.15. The minimum Gasteiger partial charge on any atom is -0.481 e. The van der Waals surface area contributed by atoms with Crippen LogP contribution in [0, 0.1) is 0 Å². The minimum atomic E-state index is -0.833. The minimum absolute atomic E-state index is 0.125. The molecule has 0 aliphatic heterocycles. The van der Waals surface area contributed by atoms with Crippen molar-refractivity contribution in [3.05, 3.63) is 18.7 Å². The van der Waals surface area contributed by atoms with Gasteiger partial charge in [0.15, 0.2) is 0 Å². The van der Waals surface area contributed by atoms with E-state index in [2.05, 4.69) is 9.97 Å². The van der Waals surface area contributed by atoms with Gasteiger partial charge in [0.1, 0.15) is 0 Å². The van der Waals surface area contributed by atoms with Gasteiger partial charge in [-0.3, -0.25) is 4.79 Å². The summed E-state index contributed by atoms with van der Waals surface area (Å²) in [4.78, 5) is 15.4. The molecule has 0 amide bonds. The molecular weight excluding hydrogens is 176 g/mol. The van der Waals surface area contributed by atoms with Crippen LogP contribution in [0.2, 0.25) is 0 Å². The number of aromatic amines is 1. The lowest BCUT2D eigenvalue weighted by Gasteiger charge is -1.70. The van der Waals surface area contributed by atoms with Crippen molar-refractivity contribution in [2.45, 2.75) is 6.92 Å². The molecule has 0 saturated heterocycles. The molecule has 0 bridgehead atoms. The number of imidazole rings is 1. The zero-order valence-corrected chi connectivity index (χ0v) is 7.34. The number of H-pyrrole nitrogens is 1. The zero-order chi connectivity index (χ0) is 10.5. The van der Waals surface area contributed by atoms with Gasteiger partial charge in [-0.1, -0.05) is 0 Å². The van der Waals surface area contributed by atoms with Crippen molar-refractivity contribution in [1.82, 2.24) is 9.97 Å². The fourth-order valence-electron chi connectivity index (χ4n) is 0.215. The molecule has 13 heavy (non-hydrogen) atoms. The van der Waals surface area contributed by atoms with E-state index in [4.69, 9.17) is 20.1 Å². The predicted molar refractivity (Wildman–Crippen MR) is 46.1 cm³/mol. The molecule has 0 aliphatic rings. The van der Waals surface area contributed by atoms with E-state index < -0.39 is 5.97 Å². The molecule has 6 nitrogen and oxygen atoms in total. The third-order valence-corrected chi connectivity index (χ3v) is 0.506. The highest BCUT2D eigenvalue weighted by Gasteiger charge is 1.65. The van der Waals surface area contributed by atoms with Gasteiger partial charge in [0.05, 0.1) is 19.5 Å². The van der Waals surface area contributed by atoms with Crippen molar-refractivity contribution in [3.63, 3.8) is 0 Å². The van der Waals surface area contributed by atoms with Crippen molar-refractivity contribution in [3.8, 4) is 0 Å². The first-order valence-corrected chi connectivity index (χ1v) is 3.49. The number of nitrogens with one attached hydrogen (secondary N) is 1. The molecule has 0 aromatic carbocycles. The summed E-state index contributed by atoms with van der Waals surface area (Å²) in [6.07, 6.45) is 5.08. The highest BCUT2D eigenvalue weighted by atomic mass is 16.4. The first-order valence-electron chi connectivity index (χ1n) is 3.49. The van der Waals surface area contributed by atoms with Crippen LogP contribution in [0.5, 0.6) is 0 Å². The molecule has 76 valence electrons. The van der Waals surface area contributed by atoms with E-state index in [1.807, 2.05) is 0 Å². The van der Waals surface area contributed by atoms with Crippen LogP contribution in [0.15, 0.2) is 18.7 Å². The lowest BCUT2D eigenvalue weighted by atomic mass is 10.8. The second-order valence-electron chi connectivity index (χ2n) is 1.73. The summed E-state index contributed by atoms with van der Waals surface area (Å²) in [6, 6.07) is 0. The Bertz CT molecular complexity index is 153. The average Bonchev–Trinajstić information content (AvgIpc) is 2.59. The van der Waals surface area contributed by atoms with Gasteiger partial charge >= 0.3 is 0 Å². The predicted octanol–water partition coefficient (Wildman–Crippen LogP) is -0.528. The Labute approximate surface area is 75.9 Å². The zero-order valence-electron chi connectivity index (χ0n) is 7.34. The van der Waals surface area contributed by atoms with Gasteiger partial charge in [-0.15, -0.1) is 0 Å². The van der Waals surface area contributed by atoms with Crippen LogP contribution >= 0.6 is 0 Å². The molecule has 0 atom stereocenters. The number of aliphatic hydroxyl groups is 2. The van der Waals surface area contributed by atoms with Crippen molar-refractivity contribution >= 4 is 5.97 Å². The monoisotopic (exact) mass is 190 g/mol. The number of hydrogen-bond acceptors (Lipinski definition) is 4. The third kappa shape index (κ3) is 37.0. The quantitative estimate of drug-likeness (QED) is 0.476. The summed E-state index contributed by atoms with van der Waals surface area (Å²) in [5, 5.41) is 22.7. The van der Waals surface area contributed by atoms with Crippen molar-refractivity contribution in [2.24, 2.45) is 0 Å². The average molecular weight is 190 g/mol. The largest absolute Gasteiger partial charge is 0.481 e. The standard InChI is InChI=1S/C3H4N2.C2H4O2.C2H6O2/c1-2-5-3-4-1;1-2(3)4;3-1-2-4/h1-3H,(H,4,5);1H3,(H,3,4);3-4H,1-2H2. The van der Waals surface area contributed by atoms with E-state index in [-0.39, 0.29) is 13.2 Å². The van der Waals surface area contributed by atoms with Crippen molar-refractivity contribution < 1.29 is 20.1 Å². The van der Waals surface area contributed by atoms with Crippen LogP contribution < -0.4 is 0 Å².